The Labute approximate surface area is 190 Å². The molecular formula is C23H25N3O7. The summed E-state index contributed by atoms with van der Waals surface area (Å²) in [5.41, 5.74) is 0.119. The van der Waals surface area contributed by atoms with E-state index in [9.17, 15) is 20.0 Å². The van der Waals surface area contributed by atoms with Crippen molar-refractivity contribution < 1.29 is 29.0 Å². The summed E-state index contributed by atoms with van der Waals surface area (Å²) in [6.45, 7) is 3.62. The number of carbonyl (C=O) groups is 1. The first-order chi connectivity index (χ1) is 15.7. The molecule has 2 unspecified atom stereocenters. The van der Waals surface area contributed by atoms with Gasteiger partial charge in [-0.05, 0) is 50.5 Å². The maximum atomic E-state index is 12.8. The number of nitrogens with one attached hydrogen (secondary N) is 2. The fourth-order valence-electron chi connectivity index (χ4n) is 4.20. The van der Waals surface area contributed by atoms with Crippen LogP contribution in [0.2, 0.25) is 0 Å². The summed E-state index contributed by atoms with van der Waals surface area (Å²) in [5, 5.41) is 28.8. The van der Waals surface area contributed by atoms with E-state index in [0.717, 1.165) is 12.8 Å². The van der Waals surface area contributed by atoms with E-state index in [1.165, 1.54) is 12.1 Å². The van der Waals surface area contributed by atoms with Crippen molar-refractivity contribution >= 4 is 17.3 Å². The number of carbonyl (C=O) groups excluding carboxylic acids is 1. The zero-order valence-electron chi connectivity index (χ0n) is 18.3. The highest BCUT2D eigenvalue weighted by molar-refractivity contribution is 5.95. The number of benzene rings is 2. The van der Waals surface area contributed by atoms with Crippen molar-refractivity contribution in [1.82, 2.24) is 5.32 Å². The third-order valence-electron chi connectivity index (χ3n) is 6.13. The Hall–Kier alpha value is -3.37. The Balaban J connectivity index is 1.43. The average Bonchev–Trinajstić information content (AvgIpc) is 3.45. The van der Waals surface area contributed by atoms with Gasteiger partial charge < -0.3 is 30.0 Å². The minimum absolute atomic E-state index is 0.000782. The van der Waals surface area contributed by atoms with Gasteiger partial charge in [0.25, 0.3) is 5.69 Å². The fraction of sp³-hybridized carbons (Fsp3) is 0.435. The van der Waals surface area contributed by atoms with Gasteiger partial charge in [0.2, 0.25) is 12.7 Å². The molecule has 3 N–H and O–H groups in total. The van der Waals surface area contributed by atoms with Crippen LogP contribution in [0.25, 0.3) is 0 Å². The van der Waals surface area contributed by atoms with E-state index >= 15 is 0 Å². The second-order valence-corrected chi connectivity index (χ2v) is 9.15. The molecule has 33 heavy (non-hydrogen) atoms. The number of nitrogens with zero attached hydrogens (tertiary/aromatic N) is 1. The first-order valence-electron chi connectivity index (χ1n) is 10.8. The monoisotopic (exact) mass is 455 g/mol. The molecule has 2 aromatic rings. The van der Waals surface area contributed by atoms with Crippen LogP contribution in [0.3, 0.4) is 0 Å². The van der Waals surface area contributed by atoms with Crippen molar-refractivity contribution in [3.8, 4) is 17.2 Å². The lowest BCUT2D eigenvalue weighted by Gasteiger charge is -2.42. The van der Waals surface area contributed by atoms with Crippen molar-refractivity contribution in [1.29, 1.82) is 0 Å². The highest BCUT2D eigenvalue weighted by Crippen LogP contribution is 2.45. The van der Waals surface area contributed by atoms with Crippen LogP contribution in [0.15, 0.2) is 30.3 Å². The maximum absolute atomic E-state index is 12.8. The summed E-state index contributed by atoms with van der Waals surface area (Å²) < 4.78 is 16.5. The molecule has 2 aliphatic heterocycles. The van der Waals surface area contributed by atoms with Gasteiger partial charge in [0.1, 0.15) is 23.1 Å². The average molecular weight is 455 g/mol. The molecule has 3 aliphatic rings. The zero-order chi connectivity index (χ0) is 23.3. The van der Waals surface area contributed by atoms with Crippen molar-refractivity contribution in [3.05, 3.63) is 51.6 Å². The molecule has 1 fully saturated rings. The van der Waals surface area contributed by atoms with E-state index < -0.39 is 28.6 Å². The Kier molecular flexibility index (Phi) is 5.13. The quantitative estimate of drug-likeness (QED) is 0.448. The van der Waals surface area contributed by atoms with Crippen LogP contribution in [-0.2, 0) is 11.2 Å². The van der Waals surface area contributed by atoms with E-state index in [1.54, 1.807) is 32.0 Å². The van der Waals surface area contributed by atoms with Crippen LogP contribution in [0.1, 0.15) is 43.9 Å². The molecule has 10 nitrogen and oxygen atoms in total. The van der Waals surface area contributed by atoms with E-state index in [1.807, 2.05) is 0 Å². The van der Waals surface area contributed by atoms with Crippen LogP contribution in [0, 0.1) is 10.1 Å². The van der Waals surface area contributed by atoms with Gasteiger partial charge in [-0.25, -0.2) is 0 Å². The molecule has 2 atom stereocenters. The number of fused-ring (bicyclic) bond motifs is 2. The molecular weight excluding hydrogens is 430 g/mol. The van der Waals surface area contributed by atoms with Gasteiger partial charge in [0, 0.05) is 11.6 Å². The Morgan fingerprint density at radius 1 is 1.18 bits per heavy atom. The fourth-order valence-corrected chi connectivity index (χ4v) is 4.20. The predicted molar refractivity (Wildman–Crippen MR) is 118 cm³/mol. The number of aliphatic hydroxyl groups excluding tert-OH is 1. The second-order valence-electron chi connectivity index (χ2n) is 9.15. The van der Waals surface area contributed by atoms with Gasteiger partial charge in [0.15, 0.2) is 11.5 Å². The molecule has 0 aromatic heterocycles. The molecule has 5 rings (SSSR count). The van der Waals surface area contributed by atoms with Crippen LogP contribution in [0.5, 0.6) is 17.2 Å². The van der Waals surface area contributed by atoms with E-state index in [2.05, 4.69) is 10.6 Å². The lowest BCUT2D eigenvalue weighted by molar-refractivity contribution is -0.384. The third kappa shape index (κ3) is 4.19. The van der Waals surface area contributed by atoms with Crippen LogP contribution in [0.4, 0.5) is 11.4 Å². The summed E-state index contributed by atoms with van der Waals surface area (Å²) in [7, 11) is 0. The largest absolute Gasteiger partial charge is 0.484 e. The Bertz CT molecular complexity index is 1130. The zero-order valence-corrected chi connectivity index (χ0v) is 18.3. The Morgan fingerprint density at radius 2 is 1.94 bits per heavy atom. The number of ether oxygens (including phenoxy) is 3. The third-order valence-corrected chi connectivity index (χ3v) is 6.13. The topological polar surface area (TPSA) is 132 Å². The number of rotatable bonds is 6. The summed E-state index contributed by atoms with van der Waals surface area (Å²) in [5.74, 6) is 1.08. The molecule has 0 saturated heterocycles. The van der Waals surface area contributed by atoms with Gasteiger partial charge in [0.05, 0.1) is 23.5 Å². The van der Waals surface area contributed by atoms with Gasteiger partial charge in [-0.1, -0.05) is 6.07 Å². The van der Waals surface area contributed by atoms with Crippen LogP contribution < -0.4 is 24.8 Å². The van der Waals surface area contributed by atoms with E-state index in [0.29, 0.717) is 28.4 Å². The molecule has 0 radical (unpaired) electrons. The summed E-state index contributed by atoms with van der Waals surface area (Å²) in [6, 6.07) is 7.85. The van der Waals surface area contributed by atoms with Crippen LogP contribution >= 0.6 is 0 Å². The number of aliphatic hydroxyl groups is 1. The molecule has 1 amide bonds. The summed E-state index contributed by atoms with van der Waals surface area (Å²) in [6.07, 6.45) is 1.14. The number of nitro benzene ring substituents is 1. The molecule has 174 valence electrons. The molecule has 0 bridgehead atoms. The normalized spacial score (nSPS) is 22.3. The Morgan fingerprint density at radius 3 is 2.67 bits per heavy atom. The van der Waals surface area contributed by atoms with E-state index in [-0.39, 0.29) is 30.6 Å². The van der Waals surface area contributed by atoms with E-state index in [4.69, 9.17) is 14.2 Å². The molecule has 10 heteroatoms. The minimum Gasteiger partial charge on any atom is -0.484 e. The molecule has 1 aliphatic carbocycles. The highest BCUT2D eigenvalue weighted by Gasteiger charge is 2.45. The highest BCUT2D eigenvalue weighted by atomic mass is 16.7. The minimum atomic E-state index is -0.933. The van der Waals surface area contributed by atoms with Crippen molar-refractivity contribution in [3.63, 3.8) is 0 Å². The maximum Gasteiger partial charge on any atom is 0.296 e. The predicted octanol–water partition coefficient (Wildman–Crippen LogP) is 2.83. The van der Waals surface area contributed by atoms with Crippen molar-refractivity contribution in [2.24, 2.45) is 0 Å². The molecule has 2 heterocycles. The second kappa shape index (κ2) is 7.89. The standard InChI is InChI=1S/C23H25N3O7/c1-23(2)22(28)21(24-13-4-5-13)14-9-15(16(26(29)30)10-18(14)33-23)25-20(27)8-12-3-6-17-19(7-12)32-11-31-17/h3,6-7,9-10,13,21-22,24,28H,4-5,8,11H2,1-2H3,(H,25,27). The smallest absolute Gasteiger partial charge is 0.296 e. The molecule has 1 saturated carbocycles. The summed E-state index contributed by atoms with van der Waals surface area (Å²) >= 11 is 0. The van der Waals surface area contributed by atoms with Gasteiger partial charge >= 0.3 is 0 Å². The van der Waals surface area contributed by atoms with Crippen LogP contribution in [-0.4, -0.2) is 40.5 Å². The number of amides is 1. The van der Waals surface area contributed by atoms with Gasteiger partial charge in [-0.2, -0.15) is 0 Å². The number of hydrogen-bond acceptors (Lipinski definition) is 8. The lowest BCUT2D eigenvalue weighted by atomic mass is 9.86. The number of hydrogen-bond donors (Lipinski definition) is 3. The van der Waals surface area contributed by atoms with Gasteiger partial charge in [-0.15, -0.1) is 0 Å². The number of nitro groups is 1. The first kappa shape index (κ1) is 21.5. The first-order valence-corrected chi connectivity index (χ1v) is 10.8. The lowest BCUT2D eigenvalue weighted by Crippen LogP contribution is -2.53. The molecule has 0 spiro atoms. The van der Waals surface area contributed by atoms with Gasteiger partial charge in [-0.3, -0.25) is 14.9 Å². The van der Waals surface area contributed by atoms with Crippen molar-refractivity contribution in [2.75, 3.05) is 12.1 Å². The number of anilines is 1. The summed E-state index contributed by atoms with van der Waals surface area (Å²) in [4.78, 5) is 24.0. The van der Waals surface area contributed by atoms with Crippen molar-refractivity contribution in [2.45, 2.75) is 56.9 Å². The molecule has 2 aromatic carbocycles. The SMILES string of the molecule is CC1(C)Oc2cc([N+](=O)[O-])c(NC(=O)Cc3ccc4c(c3)OCO4)cc2C(NC2CC2)C1O.